The summed E-state index contributed by atoms with van der Waals surface area (Å²) in [5, 5.41) is 6.97. The zero-order chi connectivity index (χ0) is 15.9. The molecule has 2 rings (SSSR count). The second-order valence-corrected chi connectivity index (χ2v) is 4.74. The van der Waals surface area contributed by atoms with Gasteiger partial charge in [0.15, 0.2) is 0 Å². The maximum Gasteiger partial charge on any atom is 0.387 e. The first-order chi connectivity index (χ1) is 10.5. The molecule has 7 heteroatoms. The molecule has 0 aliphatic heterocycles. The van der Waals surface area contributed by atoms with Crippen LogP contribution in [0.3, 0.4) is 0 Å². The van der Waals surface area contributed by atoms with E-state index in [0.29, 0.717) is 13.1 Å². The van der Waals surface area contributed by atoms with Gasteiger partial charge in [-0.3, -0.25) is 9.48 Å². The summed E-state index contributed by atoms with van der Waals surface area (Å²) in [7, 11) is 0. The van der Waals surface area contributed by atoms with Crippen molar-refractivity contribution in [2.75, 3.05) is 6.54 Å². The fourth-order valence-electron chi connectivity index (χ4n) is 1.95. The second kappa shape index (κ2) is 7.53. The summed E-state index contributed by atoms with van der Waals surface area (Å²) >= 11 is 0. The largest absolute Gasteiger partial charge is 0.435 e. The fraction of sp³-hybridized carbons (Fsp3) is 0.333. The van der Waals surface area contributed by atoms with Gasteiger partial charge in [-0.1, -0.05) is 6.07 Å². The van der Waals surface area contributed by atoms with Crippen LogP contribution in [0, 0.1) is 6.92 Å². The van der Waals surface area contributed by atoms with Gasteiger partial charge in [0.1, 0.15) is 5.75 Å². The predicted octanol–water partition coefficient (Wildman–Crippen LogP) is 2.61. The maximum absolute atomic E-state index is 12.1. The lowest BCUT2D eigenvalue weighted by Crippen LogP contribution is -2.25. The third-order valence-corrected chi connectivity index (χ3v) is 2.94. The molecule has 0 radical (unpaired) electrons. The summed E-state index contributed by atoms with van der Waals surface area (Å²) < 4.78 is 30.3. The summed E-state index contributed by atoms with van der Waals surface area (Å²) in [6, 6.07) is 7.62. The van der Waals surface area contributed by atoms with Gasteiger partial charge in [0, 0.05) is 24.8 Å². The van der Waals surface area contributed by atoms with E-state index >= 15 is 0 Å². The van der Waals surface area contributed by atoms with Gasteiger partial charge in [-0.05, 0) is 37.6 Å². The van der Waals surface area contributed by atoms with Crippen molar-refractivity contribution in [3.05, 3.63) is 47.8 Å². The molecule has 1 aromatic carbocycles. The van der Waals surface area contributed by atoms with Crippen molar-refractivity contribution < 1.29 is 18.3 Å². The van der Waals surface area contributed by atoms with Crippen molar-refractivity contribution in [1.29, 1.82) is 0 Å². The number of hydrogen-bond donors (Lipinski definition) is 1. The summed E-state index contributed by atoms with van der Waals surface area (Å²) in [5.74, 6) is -0.356. The molecule has 118 valence electrons. The van der Waals surface area contributed by atoms with E-state index in [-0.39, 0.29) is 17.2 Å². The number of hydrogen-bond acceptors (Lipinski definition) is 3. The molecule has 0 atom stereocenters. The topological polar surface area (TPSA) is 56.2 Å². The number of benzene rings is 1. The van der Waals surface area contributed by atoms with Crippen molar-refractivity contribution in [3.8, 4) is 5.75 Å². The lowest BCUT2D eigenvalue weighted by atomic mass is 10.2. The molecule has 1 aromatic heterocycles. The number of nitrogens with one attached hydrogen (secondary N) is 1. The molecule has 1 N–H and O–H groups in total. The van der Waals surface area contributed by atoms with Crippen molar-refractivity contribution in [3.63, 3.8) is 0 Å². The van der Waals surface area contributed by atoms with Crippen LogP contribution in [-0.4, -0.2) is 28.8 Å². The lowest BCUT2D eigenvalue weighted by molar-refractivity contribution is -0.0498. The fourth-order valence-corrected chi connectivity index (χ4v) is 1.95. The Labute approximate surface area is 126 Å². The van der Waals surface area contributed by atoms with Gasteiger partial charge < -0.3 is 10.1 Å². The number of aromatic nitrogens is 2. The van der Waals surface area contributed by atoms with Crippen LogP contribution in [0.5, 0.6) is 5.75 Å². The second-order valence-electron chi connectivity index (χ2n) is 4.74. The van der Waals surface area contributed by atoms with E-state index in [2.05, 4.69) is 15.2 Å². The highest BCUT2D eigenvalue weighted by atomic mass is 19.3. The number of halogens is 2. The van der Waals surface area contributed by atoms with Crippen molar-refractivity contribution in [1.82, 2.24) is 15.1 Å². The average Bonchev–Trinajstić information content (AvgIpc) is 2.88. The Hall–Kier alpha value is -2.44. The molecule has 0 fully saturated rings. The first-order valence-corrected chi connectivity index (χ1v) is 6.88. The molecule has 22 heavy (non-hydrogen) atoms. The average molecular weight is 309 g/mol. The van der Waals surface area contributed by atoms with Crippen LogP contribution >= 0.6 is 0 Å². The molecular weight excluding hydrogens is 292 g/mol. The minimum atomic E-state index is -2.91. The SMILES string of the molecule is Cc1ccn(CCCNC(=O)c2cccc(OC(F)F)c2)n1. The van der Waals surface area contributed by atoms with Gasteiger partial charge in [-0.2, -0.15) is 13.9 Å². The monoisotopic (exact) mass is 309 g/mol. The van der Waals surface area contributed by atoms with Crippen molar-refractivity contribution >= 4 is 5.91 Å². The van der Waals surface area contributed by atoms with Crippen LogP contribution in [0.25, 0.3) is 0 Å². The summed E-state index contributed by atoms with van der Waals surface area (Å²) in [6.45, 7) is 0.170. The van der Waals surface area contributed by atoms with Crippen LogP contribution in [0.15, 0.2) is 36.5 Å². The standard InChI is InChI=1S/C15H17F2N3O2/c1-11-6-9-20(19-11)8-3-7-18-14(21)12-4-2-5-13(10-12)22-15(16)17/h2,4-6,9-10,15H,3,7-8H2,1H3,(H,18,21). The molecule has 0 unspecified atom stereocenters. The van der Waals surface area contributed by atoms with Gasteiger partial charge in [-0.25, -0.2) is 0 Å². The third-order valence-electron chi connectivity index (χ3n) is 2.94. The maximum atomic E-state index is 12.1. The quantitative estimate of drug-likeness (QED) is 0.800. The molecule has 0 saturated heterocycles. The lowest BCUT2D eigenvalue weighted by Gasteiger charge is -2.08. The first-order valence-electron chi connectivity index (χ1n) is 6.88. The Morgan fingerprint density at radius 3 is 2.91 bits per heavy atom. The molecule has 0 saturated carbocycles. The highest BCUT2D eigenvalue weighted by Crippen LogP contribution is 2.15. The number of carbonyl (C=O) groups is 1. The van der Waals surface area contributed by atoms with Gasteiger partial charge in [0.2, 0.25) is 0 Å². The van der Waals surface area contributed by atoms with E-state index in [4.69, 9.17) is 0 Å². The Bertz CT molecular complexity index is 629. The minimum absolute atomic E-state index is 0.0327. The highest BCUT2D eigenvalue weighted by molar-refractivity contribution is 5.94. The molecule has 2 aromatic rings. The smallest absolute Gasteiger partial charge is 0.387 e. The van der Waals surface area contributed by atoms with Crippen molar-refractivity contribution in [2.45, 2.75) is 26.5 Å². The molecule has 1 heterocycles. The normalized spacial score (nSPS) is 10.7. The van der Waals surface area contributed by atoms with Crippen LogP contribution in [0.1, 0.15) is 22.5 Å². The summed E-state index contributed by atoms with van der Waals surface area (Å²) in [4.78, 5) is 11.9. The molecule has 0 aliphatic carbocycles. The van der Waals surface area contributed by atoms with E-state index in [9.17, 15) is 13.6 Å². The molecule has 0 spiro atoms. The number of carbonyl (C=O) groups excluding carboxylic acids is 1. The van der Waals surface area contributed by atoms with Gasteiger partial charge >= 0.3 is 6.61 Å². The third kappa shape index (κ3) is 4.83. The molecular formula is C15H17F2N3O2. The van der Waals surface area contributed by atoms with Gasteiger partial charge in [0.25, 0.3) is 5.91 Å². The Balaban J connectivity index is 1.79. The zero-order valence-electron chi connectivity index (χ0n) is 12.1. The number of alkyl halides is 2. The molecule has 0 bridgehead atoms. The van der Waals surface area contributed by atoms with Crippen molar-refractivity contribution in [2.24, 2.45) is 0 Å². The van der Waals surface area contributed by atoms with Gasteiger partial charge in [0.05, 0.1) is 5.69 Å². The van der Waals surface area contributed by atoms with Crippen LogP contribution in [-0.2, 0) is 6.54 Å². The Morgan fingerprint density at radius 2 is 2.23 bits per heavy atom. The molecule has 5 nitrogen and oxygen atoms in total. The Kier molecular flexibility index (Phi) is 5.46. The first kappa shape index (κ1) is 15.9. The number of amides is 1. The summed E-state index contributed by atoms with van der Waals surface area (Å²) in [5.41, 5.74) is 1.23. The minimum Gasteiger partial charge on any atom is -0.435 e. The zero-order valence-corrected chi connectivity index (χ0v) is 12.1. The summed E-state index contributed by atoms with van der Waals surface area (Å²) in [6.07, 6.45) is 2.60. The number of nitrogens with zero attached hydrogens (tertiary/aromatic N) is 2. The van der Waals surface area contributed by atoms with E-state index in [1.165, 1.54) is 18.2 Å². The van der Waals surface area contributed by atoms with Crippen LogP contribution < -0.4 is 10.1 Å². The van der Waals surface area contributed by atoms with E-state index < -0.39 is 6.61 Å². The van der Waals surface area contributed by atoms with Gasteiger partial charge in [-0.15, -0.1) is 0 Å². The molecule has 1 amide bonds. The van der Waals surface area contributed by atoms with Crippen LogP contribution in [0.4, 0.5) is 8.78 Å². The number of ether oxygens (including phenoxy) is 1. The highest BCUT2D eigenvalue weighted by Gasteiger charge is 2.09. The van der Waals surface area contributed by atoms with Crippen LogP contribution in [0.2, 0.25) is 0 Å². The molecule has 0 aliphatic rings. The van der Waals surface area contributed by atoms with E-state index in [1.54, 1.807) is 10.7 Å². The number of rotatable bonds is 7. The van der Waals surface area contributed by atoms with E-state index in [1.807, 2.05) is 19.2 Å². The van der Waals surface area contributed by atoms with E-state index in [0.717, 1.165) is 12.1 Å². The Morgan fingerprint density at radius 1 is 1.41 bits per heavy atom. The number of aryl methyl sites for hydroxylation is 2. The predicted molar refractivity (Wildman–Crippen MR) is 77.0 cm³/mol.